The molecule has 2 aromatic carbocycles. The number of carbonyl (C=O) groups excluding carboxylic acids is 2. The van der Waals surface area contributed by atoms with E-state index >= 15 is 0 Å². The van der Waals surface area contributed by atoms with Crippen molar-refractivity contribution in [3.63, 3.8) is 0 Å². The summed E-state index contributed by atoms with van der Waals surface area (Å²) in [4.78, 5) is 35.1. The van der Waals surface area contributed by atoms with Crippen LogP contribution < -0.4 is 4.74 Å². The first-order chi connectivity index (χ1) is 13.9. The Balaban J connectivity index is 1.63. The third-order valence-corrected chi connectivity index (χ3v) is 4.66. The molecular formula is C22H23N3O4. The molecule has 0 spiro atoms. The molecule has 150 valence electrons. The molecule has 3 rings (SSSR count). The Morgan fingerprint density at radius 2 is 1.69 bits per heavy atom. The Hall–Kier alpha value is -3.48. The maximum Gasteiger partial charge on any atom is 0.338 e. The van der Waals surface area contributed by atoms with Gasteiger partial charge in [0.15, 0.2) is 6.61 Å². The highest BCUT2D eigenvalue weighted by Crippen LogP contribution is 2.19. The summed E-state index contributed by atoms with van der Waals surface area (Å²) in [6, 6.07) is 12.4. The summed E-state index contributed by atoms with van der Waals surface area (Å²) in [7, 11) is 3.23. The maximum atomic E-state index is 12.4. The van der Waals surface area contributed by atoms with Gasteiger partial charge in [0, 0.05) is 19.2 Å². The van der Waals surface area contributed by atoms with Crippen molar-refractivity contribution >= 4 is 22.9 Å². The smallest absolute Gasteiger partial charge is 0.338 e. The fourth-order valence-corrected chi connectivity index (χ4v) is 2.86. The van der Waals surface area contributed by atoms with Gasteiger partial charge in [0.2, 0.25) is 0 Å². The molecule has 1 aromatic heterocycles. The zero-order valence-electron chi connectivity index (χ0n) is 16.9. The first-order valence-corrected chi connectivity index (χ1v) is 9.17. The van der Waals surface area contributed by atoms with Crippen molar-refractivity contribution < 1.29 is 19.1 Å². The SMILES string of the molecule is COc1ccccc1CN(C)C(=O)COC(=O)c1ccc2nc(C)c(C)nc2c1. The zero-order valence-corrected chi connectivity index (χ0v) is 16.9. The van der Waals surface area contributed by atoms with Crippen molar-refractivity contribution in [3.8, 4) is 5.75 Å². The molecule has 29 heavy (non-hydrogen) atoms. The highest BCUT2D eigenvalue weighted by Gasteiger charge is 2.16. The highest BCUT2D eigenvalue weighted by molar-refractivity contribution is 5.94. The number of esters is 1. The first-order valence-electron chi connectivity index (χ1n) is 9.17. The molecule has 0 atom stereocenters. The van der Waals surface area contributed by atoms with Gasteiger partial charge in [-0.25, -0.2) is 14.8 Å². The number of hydrogen-bond acceptors (Lipinski definition) is 6. The van der Waals surface area contributed by atoms with Crippen molar-refractivity contribution in [2.45, 2.75) is 20.4 Å². The number of aromatic nitrogens is 2. The van der Waals surface area contributed by atoms with E-state index < -0.39 is 5.97 Å². The molecule has 7 nitrogen and oxygen atoms in total. The van der Waals surface area contributed by atoms with Crippen molar-refractivity contribution in [1.29, 1.82) is 0 Å². The van der Waals surface area contributed by atoms with Crippen molar-refractivity contribution in [3.05, 3.63) is 65.0 Å². The molecule has 1 heterocycles. The maximum absolute atomic E-state index is 12.4. The monoisotopic (exact) mass is 393 g/mol. The van der Waals surface area contributed by atoms with Crippen molar-refractivity contribution in [1.82, 2.24) is 14.9 Å². The number of fused-ring (bicyclic) bond motifs is 1. The molecule has 0 N–H and O–H groups in total. The van der Waals surface area contributed by atoms with Crippen LogP contribution in [0, 0.1) is 13.8 Å². The number of benzene rings is 2. The Labute approximate surface area is 169 Å². The number of carbonyl (C=O) groups is 2. The lowest BCUT2D eigenvalue weighted by molar-refractivity contribution is -0.133. The van der Waals surface area contributed by atoms with Crippen LogP contribution in [0.1, 0.15) is 27.3 Å². The van der Waals surface area contributed by atoms with Gasteiger partial charge in [-0.1, -0.05) is 18.2 Å². The predicted octanol–water partition coefficient (Wildman–Crippen LogP) is 3.07. The van der Waals surface area contributed by atoms with Crippen LogP contribution in [0.15, 0.2) is 42.5 Å². The Bertz CT molecular complexity index is 1070. The molecule has 0 aliphatic heterocycles. The van der Waals surface area contributed by atoms with Crippen molar-refractivity contribution in [2.24, 2.45) is 0 Å². The summed E-state index contributed by atoms with van der Waals surface area (Å²) >= 11 is 0. The van der Waals surface area contributed by atoms with E-state index in [0.29, 0.717) is 28.9 Å². The van der Waals surface area contributed by atoms with Gasteiger partial charge in [-0.3, -0.25) is 4.79 Å². The minimum atomic E-state index is -0.578. The van der Waals surface area contributed by atoms with E-state index in [9.17, 15) is 9.59 Å². The Morgan fingerprint density at radius 3 is 2.41 bits per heavy atom. The number of methoxy groups -OCH3 is 1. The second-order valence-electron chi connectivity index (χ2n) is 6.74. The summed E-state index contributed by atoms with van der Waals surface area (Å²) < 4.78 is 10.5. The lowest BCUT2D eigenvalue weighted by Gasteiger charge is -2.18. The van der Waals surface area contributed by atoms with Crippen LogP contribution in [-0.2, 0) is 16.1 Å². The number of nitrogens with zero attached hydrogens (tertiary/aromatic N) is 3. The number of para-hydroxylation sites is 1. The molecule has 0 fully saturated rings. The lowest BCUT2D eigenvalue weighted by atomic mass is 10.2. The molecule has 3 aromatic rings. The summed E-state index contributed by atoms with van der Waals surface area (Å²) in [6.07, 6.45) is 0. The van der Waals surface area contributed by atoms with E-state index in [1.54, 1.807) is 32.4 Å². The van der Waals surface area contributed by atoms with E-state index in [2.05, 4.69) is 9.97 Å². The quantitative estimate of drug-likeness (QED) is 0.599. The fraction of sp³-hybridized carbons (Fsp3) is 0.273. The zero-order chi connectivity index (χ0) is 21.0. The Kier molecular flexibility index (Phi) is 6.07. The predicted molar refractivity (Wildman–Crippen MR) is 109 cm³/mol. The normalized spacial score (nSPS) is 10.6. The van der Waals surface area contributed by atoms with Crippen LogP contribution in [0.3, 0.4) is 0 Å². The van der Waals surface area contributed by atoms with Gasteiger partial charge in [-0.05, 0) is 38.1 Å². The second-order valence-corrected chi connectivity index (χ2v) is 6.74. The average molecular weight is 393 g/mol. The van der Waals surface area contributed by atoms with Crippen LogP contribution >= 0.6 is 0 Å². The molecular weight excluding hydrogens is 370 g/mol. The first kappa shape index (κ1) is 20.3. The van der Waals surface area contributed by atoms with E-state index in [1.165, 1.54) is 4.90 Å². The van der Waals surface area contributed by atoms with Crippen molar-refractivity contribution in [2.75, 3.05) is 20.8 Å². The summed E-state index contributed by atoms with van der Waals surface area (Å²) in [6.45, 7) is 3.76. The third-order valence-electron chi connectivity index (χ3n) is 4.66. The summed E-state index contributed by atoms with van der Waals surface area (Å²) in [5, 5.41) is 0. The van der Waals surface area contributed by atoms with Gasteiger partial charge in [-0.15, -0.1) is 0 Å². The molecule has 0 bridgehead atoms. The van der Waals surface area contributed by atoms with Gasteiger partial charge in [0.05, 0.1) is 35.1 Å². The van der Waals surface area contributed by atoms with Gasteiger partial charge in [0.1, 0.15) is 5.75 Å². The number of amides is 1. The van der Waals surface area contributed by atoms with Crippen LogP contribution in [0.25, 0.3) is 11.0 Å². The van der Waals surface area contributed by atoms with Crippen LogP contribution in [0.2, 0.25) is 0 Å². The van der Waals surface area contributed by atoms with E-state index in [1.807, 2.05) is 38.1 Å². The molecule has 7 heteroatoms. The summed E-state index contributed by atoms with van der Waals surface area (Å²) in [5.41, 5.74) is 4.17. The van der Waals surface area contributed by atoms with Crippen LogP contribution in [-0.4, -0.2) is 47.5 Å². The van der Waals surface area contributed by atoms with Gasteiger partial charge >= 0.3 is 5.97 Å². The molecule has 0 radical (unpaired) electrons. The van der Waals surface area contributed by atoms with Gasteiger partial charge < -0.3 is 14.4 Å². The van der Waals surface area contributed by atoms with Gasteiger partial charge in [0.25, 0.3) is 5.91 Å². The van der Waals surface area contributed by atoms with Gasteiger partial charge in [-0.2, -0.15) is 0 Å². The minimum Gasteiger partial charge on any atom is -0.496 e. The largest absolute Gasteiger partial charge is 0.496 e. The van der Waals surface area contributed by atoms with E-state index in [4.69, 9.17) is 9.47 Å². The number of hydrogen-bond donors (Lipinski definition) is 0. The standard InChI is InChI=1S/C22H23N3O4/c1-14-15(2)24-19-11-16(9-10-18(19)23-14)22(27)29-13-21(26)25(3)12-17-7-5-6-8-20(17)28-4/h5-11H,12-13H2,1-4H3. The van der Waals surface area contributed by atoms with Crippen LogP contribution in [0.5, 0.6) is 5.75 Å². The molecule has 0 saturated heterocycles. The highest BCUT2D eigenvalue weighted by atomic mass is 16.5. The number of rotatable bonds is 6. The molecule has 1 amide bonds. The number of likely N-dealkylation sites (N-methyl/N-ethyl adjacent to an activating group) is 1. The average Bonchev–Trinajstić information content (AvgIpc) is 2.72. The van der Waals surface area contributed by atoms with E-state index in [-0.39, 0.29) is 12.5 Å². The number of ether oxygens (including phenoxy) is 2. The van der Waals surface area contributed by atoms with Crippen LogP contribution in [0.4, 0.5) is 0 Å². The minimum absolute atomic E-state index is 0.309. The van der Waals surface area contributed by atoms with E-state index in [0.717, 1.165) is 17.0 Å². The topological polar surface area (TPSA) is 81.6 Å². The second kappa shape index (κ2) is 8.68. The molecule has 0 saturated carbocycles. The summed E-state index contributed by atoms with van der Waals surface area (Å²) in [5.74, 6) is -0.186. The number of aryl methyl sites for hydroxylation is 2. The molecule has 0 aliphatic carbocycles. The fourth-order valence-electron chi connectivity index (χ4n) is 2.86. The Morgan fingerprint density at radius 1 is 1.00 bits per heavy atom. The third kappa shape index (κ3) is 4.68. The lowest BCUT2D eigenvalue weighted by Crippen LogP contribution is -2.31. The molecule has 0 unspecified atom stereocenters. The molecule has 0 aliphatic rings.